The van der Waals surface area contributed by atoms with Gasteiger partial charge in [-0.1, -0.05) is 55.8 Å². The van der Waals surface area contributed by atoms with Crippen molar-refractivity contribution in [2.75, 3.05) is 6.61 Å². The molecule has 0 fully saturated rings. The van der Waals surface area contributed by atoms with Gasteiger partial charge in [0.1, 0.15) is 12.4 Å². The summed E-state index contributed by atoms with van der Waals surface area (Å²) in [6.45, 7) is 7.01. The predicted octanol–water partition coefficient (Wildman–Crippen LogP) is 4.59. The largest absolute Gasteiger partial charge is 0.492 e. The summed E-state index contributed by atoms with van der Waals surface area (Å²) in [6, 6.07) is 16.5. The summed E-state index contributed by atoms with van der Waals surface area (Å²) < 4.78 is 5.81. The van der Waals surface area contributed by atoms with Crippen LogP contribution < -0.4 is 10.5 Å². The summed E-state index contributed by atoms with van der Waals surface area (Å²) in [5.41, 5.74) is 9.88. The van der Waals surface area contributed by atoms with Crippen LogP contribution >= 0.6 is 0 Å². The quantitative estimate of drug-likeness (QED) is 0.841. The fourth-order valence-corrected chi connectivity index (χ4v) is 2.31. The van der Waals surface area contributed by atoms with E-state index in [9.17, 15) is 0 Å². The summed E-state index contributed by atoms with van der Waals surface area (Å²) in [6.07, 6.45) is 1.15. The second kappa shape index (κ2) is 7.28. The van der Waals surface area contributed by atoms with Crippen LogP contribution in [0.5, 0.6) is 5.75 Å². The Kier molecular flexibility index (Phi) is 5.40. The average molecular weight is 283 g/mol. The summed E-state index contributed by atoms with van der Waals surface area (Å²) in [4.78, 5) is 0. The molecule has 0 aliphatic rings. The van der Waals surface area contributed by atoms with Crippen molar-refractivity contribution in [3.05, 3.63) is 65.2 Å². The van der Waals surface area contributed by atoms with Gasteiger partial charge in [-0.25, -0.2) is 0 Å². The lowest BCUT2D eigenvalue weighted by molar-refractivity contribution is 0.290. The summed E-state index contributed by atoms with van der Waals surface area (Å²) in [7, 11) is 0. The highest BCUT2D eigenvalue weighted by Crippen LogP contribution is 2.22. The van der Waals surface area contributed by atoms with Crippen molar-refractivity contribution in [3.8, 4) is 5.75 Å². The van der Waals surface area contributed by atoms with Gasteiger partial charge in [0, 0.05) is 0 Å². The molecule has 0 saturated carbocycles. The molecule has 0 heterocycles. The number of ether oxygens (including phenoxy) is 1. The van der Waals surface area contributed by atoms with Gasteiger partial charge >= 0.3 is 0 Å². The van der Waals surface area contributed by atoms with Crippen LogP contribution in [0.4, 0.5) is 0 Å². The molecule has 2 atom stereocenters. The molecular weight excluding hydrogens is 258 g/mol. The minimum Gasteiger partial charge on any atom is -0.492 e. The summed E-state index contributed by atoms with van der Waals surface area (Å²) >= 11 is 0. The molecule has 0 spiro atoms. The topological polar surface area (TPSA) is 35.2 Å². The Morgan fingerprint density at radius 1 is 1.05 bits per heavy atom. The van der Waals surface area contributed by atoms with E-state index in [1.54, 1.807) is 0 Å². The predicted molar refractivity (Wildman–Crippen MR) is 88.8 cm³/mol. The molecule has 0 aromatic heterocycles. The molecule has 0 aliphatic heterocycles. The van der Waals surface area contributed by atoms with Crippen LogP contribution in [0.3, 0.4) is 0 Å². The molecule has 112 valence electrons. The highest BCUT2D eigenvalue weighted by molar-refractivity contribution is 5.30. The van der Waals surface area contributed by atoms with Crippen molar-refractivity contribution in [3.63, 3.8) is 0 Å². The Morgan fingerprint density at radius 2 is 1.76 bits per heavy atom. The van der Waals surface area contributed by atoms with E-state index in [0.29, 0.717) is 12.5 Å². The molecule has 0 amide bonds. The SMILES string of the molecule is CCC(C)c1ccc(OCC(N)c2cccc(C)c2)cc1. The maximum Gasteiger partial charge on any atom is 0.119 e. The number of rotatable bonds is 6. The van der Waals surface area contributed by atoms with Crippen molar-refractivity contribution in [2.45, 2.75) is 39.2 Å². The van der Waals surface area contributed by atoms with Gasteiger partial charge in [-0.05, 0) is 42.5 Å². The second-order valence-electron chi connectivity index (χ2n) is 5.71. The van der Waals surface area contributed by atoms with Gasteiger partial charge in [-0.2, -0.15) is 0 Å². The monoisotopic (exact) mass is 283 g/mol. The van der Waals surface area contributed by atoms with Gasteiger partial charge in [0.25, 0.3) is 0 Å². The maximum absolute atomic E-state index is 6.19. The lowest BCUT2D eigenvalue weighted by Crippen LogP contribution is -2.19. The van der Waals surface area contributed by atoms with Crippen LogP contribution in [0.1, 0.15) is 48.9 Å². The first kappa shape index (κ1) is 15.6. The Bertz CT molecular complexity index is 562. The van der Waals surface area contributed by atoms with Gasteiger partial charge in [-0.3, -0.25) is 0 Å². The second-order valence-corrected chi connectivity index (χ2v) is 5.71. The molecule has 2 nitrogen and oxygen atoms in total. The fraction of sp³-hybridized carbons (Fsp3) is 0.368. The third kappa shape index (κ3) is 4.33. The van der Waals surface area contributed by atoms with E-state index in [0.717, 1.165) is 17.7 Å². The van der Waals surface area contributed by atoms with Crippen molar-refractivity contribution in [1.29, 1.82) is 0 Å². The van der Waals surface area contributed by atoms with Crippen LogP contribution in [0.25, 0.3) is 0 Å². The van der Waals surface area contributed by atoms with E-state index >= 15 is 0 Å². The van der Waals surface area contributed by atoms with Crippen molar-refractivity contribution in [1.82, 2.24) is 0 Å². The third-order valence-corrected chi connectivity index (χ3v) is 3.96. The van der Waals surface area contributed by atoms with Crippen LogP contribution in [-0.2, 0) is 0 Å². The van der Waals surface area contributed by atoms with E-state index in [2.05, 4.69) is 45.0 Å². The zero-order valence-electron chi connectivity index (χ0n) is 13.2. The fourth-order valence-electron chi connectivity index (χ4n) is 2.31. The molecule has 0 radical (unpaired) electrons. The Hall–Kier alpha value is -1.80. The van der Waals surface area contributed by atoms with E-state index < -0.39 is 0 Å². The van der Waals surface area contributed by atoms with E-state index in [-0.39, 0.29) is 6.04 Å². The van der Waals surface area contributed by atoms with E-state index in [4.69, 9.17) is 10.5 Å². The van der Waals surface area contributed by atoms with Gasteiger partial charge in [0.05, 0.1) is 6.04 Å². The molecule has 21 heavy (non-hydrogen) atoms. The number of benzene rings is 2. The Morgan fingerprint density at radius 3 is 2.38 bits per heavy atom. The zero-order valence-corrected chi connectivity index (χ0v) is 13.2. The number of nitrogens with two attached hydrogens (primary N) is 1. The normalized spacial score (nSPS) is 13.7. The lowest BCUT2D eigenvalue weighted by atomic mass is 9.99. The Labute approximate surface area is 127 Å². The summed E-state index contributed by atoms with van der Waals surface area (Å²) in [5.74, 6) is 1.47. The molecule has 0 aliphatic carbocycles. The standard InChI is InChI=1S/C19H25NO/c1-4-15(3)16-8-10-18(11-9-16)21-13-19(20)17-7-5-6-14(2)12-17/h5-12,15,19H,4,13,20H2,1-3H3. The minimum absolute atomic E-state index is 0.0980. The highest BCUT2D eigenvalue weighted by Gasteiger charge is 2.08. The lowest BCUT2D eigenvalue weighted by Gasteiger charge is -2.15. The van der Waals surface area contributed by atoms with Crippen molar-refractivity contribution in [2.24, 2.45) is 5.73 Å². The van der Waals surface area contributed by atoms with Gasteiger partial charge < -0.3 is 10.5 Å². The van der Waals surface area contributed by atoms with Crippen molar-refractivity contribution < 1.29 is 4.74 Å². The first-order valence-electron chi connectivity index (χ1n) is 7.65. The van der Waals surface area contributed by atoms with Crippen LogP contribution in [-0.4, -0.2) is 6.61 Å². The average Bonchev–Trinajstić information content (AvgIpc) is 2.52. The molecule has 2 aromatic rings. The molecule has 0 saturated heterocycles. The van der Waals surface area contributed by atoms with Crippen LogP contribution in [0.15, 0.2) is 48.5 Å². The van der Waals surface area contributed by atoms with Gasteiger partial charge in [-0.15, -0.1) is 0 Å². The molecule has 2 N–H and O–H groups in total. The van der Waals surface area contributed by atoms with Crippen LogP contribution in [0, 0.1) is 6.92 Å². The third-order valence-electron chi connectivity index (χ3n) is 3.96. The molecule has 2 unspecified atom stereocenters. The molecular formula is C19H25NO. The van der Waals surface area contributed by atoms with Gasteiger partial charge in [0.2, 0.25) is 0 Å². The molecule has 2 rings (SSSR count). The van der Waals surface area contributed by atoms with Crippen LogP contribution in [0.2, 0.25) is 0 Å². The zero-order chi connectivity index (χ0) is 15.2. The number of hydrogen-bond donors (Lipinski definition) is 1. The number of aryl methyl sites for hydroxylation is 1. The summed E-state index contributed by atoms with van der Waals surface area (Å²) in [5, 5.41) is 0. The molecule has 2 heteroatoms. The Balaban J connectivity index is 1.93. The van der Waals surface area contributed by atoms with Crippen molar-refractivity contribution >= 4 is 0 Å². The maximum atomic E-state index is 6.19. The minimum atomic E-state index is -0.0980. The smallest absolute Gasteiger partial charge is 0.119 e. The van der Waals surface area contributed by atoms with Gasteiger partial charge in [0.15, 0.2) is 0 Å². The molecule has 0 bridgehead atoms. The number of hydrogen-bond acceptors (Lipinski definition) is 2. The van der Waals surface area contributed by atoms with E-state index in [1.807, 2.05) is 24.3 Å². The highest BCUT2D eigenvalue weighted by atomic mass is 16.5. The first-order valence-corrected chi connectivity index (χ1v) is 7.65. The van der Waals surface area contributed by atoms with E-state index in [1.165, 1.54) is 11.1 Å². The first-order chi connectivity index (χ1) is 10.1. The molecule has 2 aromatic carbocycles.